The van der Waals surface area contributed by atoms with Gasteiger partial charge in [-0.1, -0.05) is 6.07 Å². The lowest BCUT2D eigenvalue weighted by atomic mass is 9.94. The zero-order valence-corrected chi connectivity index (χ0v) is 9.67. The summed E-state index contributed by atoms with van der Waals surface area (Å²) in [6.07, 6.45) is 1.88. The van der Waals surface area contributed by atoms with Gasteiger partial charge >= 0.3 is 0 Å². The molecular formula is C13H15F2NO. The lowest BCUT2D eigenvalue weighted by molar-refractivity contribution is 0.0913. The molecule has 0 amide bonds. The second-order valence-corrected chi connectivity index (χ2v) is 4.69. The number of hydrogen-bond acceptors (Lipinski definition) is 2. The summed E-state index contributed by atoms with van der Waals surface area (Å²) in [4.78, 5) is 12.1. The van der Waals surface area contributed by atoms with Crippen molar-refractivity contribution in [2.45, 2.75) is 32.2 Å². The van der Waals surface area contributed by atoms with Crippen LogP contribution in [0.3, 0.4) is 0 Å². The molecule has 0 radical (unpaired) electrons. The predicted molar refractivity (Wildman–Crippen MR) is 60.7 cm³/mol. The minimum Gasteiger partial charge on any atom is -0.328 e. The maximum atomic E-state index is 13.8. The Kier molecular flexibility index (Phi) is 3.24. The van der Waals surface area contributed by atoms with Gasteiger partial charge in [0.2, 0.25) is 0 Å². The molecule has 4 heteroatoms. The minimum absolute atomic E-state index is 0.0279. The average Bonchev–Trinajstić information content (AvgIpc) is 2.71. The van der Waals surface area contributed by atoms with Crippen molar-refractivity contribution in [3.05, 3.63) is 34.9 Å². The van der Waals surface area contributed by atoms with Crippen molar-refractivity contribution in [1.82, 2.24) is 0 Å². The van der Waals surface area contributed by atoms with Gasteiger partial charge in [0.25, 0.3) is 0 Å². The first kappa shape index (κ1) is 12.2. The van der Waals surface area contributed by atoms with Crippen molar-refractivity contribution < 1.29 is 13.6 Å². The van der Waals surface area contributed by atoms with E-state index < -0.39 is 23.0 Å². The maximum Gasteiger partial charge on any atom is 0.171 e. The fourth-order valence-electron chi connectivity index (χ4n) is 2.34. The fraction of sp³-hybridized carbons (Fsp3) is 0.462. The summed E-state index contributed by atoms with van der Waals surface area (Å²) in [7, 11) is 0. The van der Waals surface area contributed by atoms with Crippen LogP contribution >= 0.6 is 0 Å². The number of carbonyl (C=O) groups excluding carboxylic acids is 1. The Bertz CT molecular complexity index is 459. The number of carbonyl (C=O) groups is 1. The second-order valence-electron chi connectivity index (χ2n) is 4.69. The number of benzene rings is 1. The van der Waals surface area contributed by atoms with Crippen molar-refractivity contribution in [2.24, 2.45) is 11.7 Å². The lowest BCUT2D eigenvalue weighted by Crippen LogP contribution is -2.20. The molecule has 0 bridgehead atoms. The van der Waals surface area contributed by atoms with Crippen molar-refractivity contribution in [2.75, 3.05) is 0 Å². The first-order valence-corrected chi connectivity index (χ1v) is 5.75. The second kappa shape index (κ2) is 4.53. The van der Waals surface area contributed by atoms with Crippen LogP contribution in [-0.2, 0) is 0 Å². The number of Topliss-reactive ketones (excluding diaryl/α,β-unsaturated/α-hetero) is 1. The SMILES string of the molecule is Cc1ccc(F)c(C(=O)C2CCC(N)C2)c1F. The maximum absolute atomic E-state index is 13.8. The molecule has 0 saturated heterocycles. The summed E-state index contributed by atoms with van der Waals surface area (Å²) in [5.74, 6) is -2.30. The van der Waals surface area contributed by atoms with Gasteiger partial charge in [-0.2, -0.15) is 0 Å². The van der Waals surface area contributed by atoms with E-state index >= 15 is 0 Å². The summed E-state index contributed by atoms with van der Waals surface area (Å²) >= 11 is 0. The van der Waals surface area contributed by atoms with Crippen molar-refractivity contribution >= 4 is 5.78 Å². The van der Waals surface area contributed by atoms with Gasteiger partial charge in [0.1, 0.15) is 11.6 Å². The lowest BCUT2D eigenvalue weighted by Gasteiger charge is -2.11. The van der Waals surface area contributed by atoms with Crippen LogP contribution in [0.25, 0.3) is 0 Å². The smallest absolute Gasteiger partial charge is 0.171 e. The number of rotatable bonds is 2. The van der Waals surface area contributed by atoms with Gasteiger partial charge in [0, 0.05) is 12.0 Å². The molecule has 1 saturated carbocycles. The molecule has 2 rings (SSSR count). The van der Waals surface area contributed by atoms with Crippen molar-refractivity contribution in [1.29, 1.82) is 0 Å². The standard InChI is InChI=1S/C13H15F2NO/c1-7-2-5-10(14)11(12(7)15)13(17)8-3-4-9(16)6-8/h2,5,8-9H,3-4,6,16H2,1H3. The molecule has 0 aliphatic heterocycles. The number of nitrogens with two attached hydrogens (primary N) is 1. The number of aryl methyl sites for hydroxylation is 1. The molecule has 2 N–H and O–H groups in total. The van der Waals surface area contributed by atoms with E-state index in [1.54, 1.807) is 0 Å². The molecule has 1 aromatic carbocycles. The predicted octanol–water partition coefficient (Wildman–Crippen LogP) is 2.58. The van der Waals surface area contributed by atoms with Gasteiger partial charge in [-0.3, -0.25) is 4.79 Å². The summed E-state index contributed by atoms with van der Waals surface area (Å²) in [5, 5.41) is 0. The number of hydrogen-bond donors (Lipinski definition) is 1. The van der Waals surface area contributed by atoms with E-state index in [4.69, 9.17) is 5.73 Å². The topological polar surface area (TPSA) is 43.1 Å². The Balaban J connectivity index is 2.34. The quantitative estimate of drug-likeness (QED) is 0.806. The number of halogens is 2. The first-order chi connectivity index (χ1) is 8.00. The molecule has 17 heavy (non-hydrogen) atoms. The fourth-order valence-corrected chi connectivity index (χ4v) is 2.34. The minimum atomic E-state index is -0.779. The molecule has 0 aromatic heterocycles. The highest BCUT2D eigenvalue weighted by Gasteiger charge is 2.31. The molecule has 2 atom stereocenters. The molecule has 0 heterocycles. The van der Waals surface area contributed by atoms with Crippen LogP contribution in [0.5, 0.6) is 0 Å². The molecule has 1 aliphatic carbocycles. The van der Waals surface area contributed by atoms with E-state index in [1.807, 2.05) is 0 Å². The van der Waals surface area contributed by atoms with Crippen LogP contribution in [0.1, 0.15) is 35.2 Å². The molecular weight excluding hydrogens is 224 g/mol. The Labute approximate surface area is 98.8 Å². The molecule has 1 aromatic rings. The normalized spacial score (nSPS) is 24.0. The monoisotopic (exact) mass is 239 g/mol. The van der Waals surface area contributed by atoms with Crippen LogP contribution < -0.4 is 5.73 Å². The van der Waals surface area contributed by atoms with E-state index in [0.717, 1.165) is 12.5 Å². The van der Waals surface area contributed by atoms with E-state index in [0.29, 0.717) is 12.8 Å². The van der Waals surface area contributed by atoms with Gasteiger partial charge in [-0.15, -0.1) is 0 Å². The van der Waals surface area contributed by atoms with Crippen LogP contribution in [0.4, 0.5) is 8.78 Å². The Morgan fingerprint density at radius 3 is 2.65 bits per heavy atom. The third kappa shape index (κ3) is 2.22. The highest BCUT2D eigenvalue weighted by molar-refractivity contribution is 5.98. The van der Waals surface area contributed by atoms with Crippen LogP contribution in [0.15, 0.2) is 12.1 Å². The summed E-state index contributed by atoms with van der Waals surface area (Å²) in [6.45, 7) is 1.52. The Morgan fingerprint density at radius 2 is 2.06 bits per heavy atom. The van der Waals surface area contributed by atoms with Gasteiger partial charge in [-0.25, -0.2) is 8.78 Å². The summed E-state index contributed by atoms with van der Waals surface area (Å²) in [6, 6.07) is 2.45. The third-order valence-corrected chi connectivity index (χ3v) is 3.37. The average molecular weight is 239 g/mol. The van der Waals surface area contributed by atoms with Gasteiger partial charge in [-0.05, 0) is 37.8 Å². The molecule has 2 nitrogen and oxygen atoms in total. The zero-order chi connectivity index (χ0) is 12.6. The number of ketones is 1. The van der Waals surface area contributed by atoms with E-state index in [9.17, 15) is 13.6 Å². The largest absolute Gasteiger partial charge is 0.328 e. The molecule has 92 valence electrons. The zero-order valence-electron chi connectivity index (χ0n) is 9.67. The first-order valence-electron chi connectivity index (χ1n) is 5.75. The Hall–Kier alpha value is -1.29. The molecule has 2 unspecified atom stereocenters. The van der Waals surface area contributed by atoms with Crippen molar-refractivity contribution in [3.8, 4) is 0 Å². The molecule has 0 spiro atoms. The van der Waals surface area contributed by atoms with E-state index in [1.165, 1.54) is 13.0 Å². The summed E-state index contributed by atoms with van der Waals surface area (Å²) < 4.78 is 27.3. The molecule has 1 fully saturated rings. The van der Waals surface area contributed by atoms with E-state index in [2.05, 4.69) is 0 Å². The highest BCUT2D eigenvalue weighted by Crippen LogP contribution is 2.29. The Morgan fingerprint density at radius 1 is 1.35 bits per heavy atom. The van der Waals surface area contributed by atoms with Crippen LogP contribution in [0, 0.1) is 24.5 Å². The highest BCUT2D eigenvalue weighted by atomic mass is 19.1. The van der Waals surface area contributed by atoms with Gasteiger partial charge < -0.3 is 5.73 Å². The van der Waals surface area contributed by atoms with Gasteiger partial charge in [0.15, 0.2) is 5.78 Å². The molecule has 1 aliphatic rings. The van der Waals surface area contributed by atoms with Crippen LogP contribution in [-0.4, -0.2) is 11.8 Å². The van der Waals surface area contributed by atoms with Crippen molar-refractivity contribution in [3.63, 3.8) is 0 Å². The third-order valence-electron chi connectivity index (χ3n) is 3.37. The summed E-state index contributed by atoms with van der Waals surface area (Å²) in [5.41, 5.74) is 5.60. The van der Waals surface area contributed by atoms with Gasteiger partial charge in [0.05, 0.1) is 5.56 Å². The van der Waals surface area contributed by atoms with Crippen LogP contribution in [0.2, 0.25) is 0 Å². The van der Waals surface area contributed by atoms with E-state index in [-0.39, 0.29) is 17.5 Å².